The Labute approximate surface area is 63.7 Å². The van der Waals surface area contributed by atoms with E-state index >= 15 is 0 Å². The Bertz CT molecular complexity index is 311. The first-order valence-corrected chi connectivity index (χ1v) is 2.73. The summed E-state index contributed by atoms with van der Waals surface area (Å²) in [4.78, 5) is 0. The molecule has 0 aliphatic rings. The van der Waals surface area contributed by atoms with Crippen molar-refractivity contribution in [3.05, 3.63) is 29.3 Å². The van der Waals surface area contributed by atoms with E-state index in [9.17, 15) is 22.0 Å². The summed E-state index contributed by atoms with van der Waals surface area (Å²) in [5.41, 5.74) is 0.509. The summed E-state index contributed by atoms with van der Waals surface area (Å²) < 4.78 is 60.3. The van der Waals surface area contributed by atoms with Crippen molar-refractivity contribution in [3.8, 4) is 0 Å². The molecule has 65 valence electrons. The molecule has 0 spiro atoms. The predicted molar refractivity (Wildman–Crippen MR) is 29.2 cm³/mol. The molecule has 1 aromatic carbocycles. The summed E-state index contributed by atoms with van der Waals surface area (Å²) in [5, 5.41) is 0. The van der Waals surface area contributed by atoms with Gasteiger partial charge in [0.15, 0.2) is 23.3 Å². The van der Waals surface area contributed by atoms with E-state index in [0.717, 1.165) is 0 Å². The third kappa shape index (κ3) is 1.19. The van der Waals surface area contributed by atoms with E-state index in [-0.39, 0.29) is 6.07 Å². The van der Waals surface area contributed by atoms with Crippen LogP contribution in [0.4, 0.5) is 27.7 Å². The molecule has 0 aliphatic carbocycles. The van der Waals surface area contributed by atoms with Crippen LogP contribution >= 0.6 is 0 Å². The van der Waals surface area contributed by atoms with Crippen molar-refractivity contribution in [3.63, 3.8) is 0 Å². The van der Waals surface area contributed by atoms with Gasteiger partial charge in [-0.15, -0.1) is 0 Å². The largest absolute Gasteiger partial charge is 0.204 e. The Balaban J connectivity index is 3.39. The van der Waals surface area contributed by atoms with Gasteiger partial charge in [-0.25, -0.2) is 17.6 Å². The fourth-order valence-electron chi connectivity index (χ4n) is 0.622. The van der Waals surface area contributed by atoms with E-state index < -0.39 is 29.0 Å². The van der Waals surface area contributed by atoms with Gasteiger partial charge >= 0.3 is 0 Å². The third-order valence-electron chi connectivity index (χ3n) is 1.17. The molecule has 0 saturated carbocycles. The predicted octanol–water partition coefficient (Wildman–Crippen LogP) is 2.36. The van der Waals surface area contributed by atoms with Gasteiger partial charge in [0.25, 0.3) is 0 Å². The van der Waals surface area contributed by atoms with Crippen LogP contribution in [0, 0.1) is 23.3 Å². The first-order valence-electron chi connectivity index (χ1n) is 2.73. The minimum absolute atomic E-state index is 0.119. The summed E-state index contributed by atoms with van der Waals surface area (Å²) in [6, 6.07) is 0.119. The lowest BCUT2D eigenvalue weighted by Crippen LogP contribution is -1.98. The van der Waals surface area contributed by atoms with Crippen LogP contribution in [-0.2, 0) is 0 Å². The average Bonchev–Trinajstić information content (AvgIpc) is 2.08. The average molecular weight is 182 g/mol. The van der Waals surface area contributed by atoms with Gasteiger partial charge in [0.1, 0.15) is 5.69 Å². The van der Waals surface area contributed by atoms with Crippen LogP contribution in [0.2, 0.25) is 0 Å². The van der Waals surface area contributed by atoms with Crippen LogP contribution in [-0.4, -0.2) is 0 Å². The van der Waals surface area contributed by atoms with Crippen LogP contribution in [0.1, 0.15) is 0 Å². The lowest BCUT2D eigenvalue weighted by Gasteiger charge is -1.99. The molecular weight excluding hydrogens is 181 g/mol. The quantitative estimate of drug-likeness (QED) is 0.359. The van der Waals surface area contributed by atoms with E-state index in [1.807, 2.05) is 0 Å². The molecule has 6 heteroatoms. The van der Waals surface area contributed by atoms with Crippen LogP contribution in [0.5, 0.6) is 0 Å². The number of halogens is 5. The lowest BCUT2D eigenvalue weighted by atomic mass is 10.3. The molecule has 1 radical (unpaired) electrons. The molecule has 0 amide bonds. The summed E-state index contributed by atoms with van der Waals surface area (Å²) in [5.74, 6) is -7.60. The molecule has 0 aromatic heterocycles. The fourth-order valence-corrected chi connectivity index (χ4v) is 0.622. The lowest BCUT2D eigenvalue weighted by molar-refractivity contribution is 0.366. The van der Waals surface area contributed by atoms with Gasteiger partial charge in [0.05, 0.1) is 0 Å². The molecule has 1 nitrogen and oxygen atoms in total. The maximum atomic E-state index is 12.3. The van der Waals surface area contributed by atoms with Gasteiger partial charge < -0.3 is 0 Å². The number of hydrogen-bond donors (Lipinski definition) is 0. The highest BCUT2D eigenvalue weighted by molar-refractivity contribution is 5.37. The van der Waals surface area contributed by atoms with Crippen LogP contribution in [0.3, 0.4) is 0 Å². The van der Waals surface area contributed by atoms with Gasteiger partial charge in [-0.2, -0.15) is 0 Å². The zero-order valence-corrected chi connectivity index (χ0v) is 5.41. The zero-order valence-electron chi connectivity index (χ0n) is 5.41. The molecule has 0 fully saturated rings. The normalized spacial score (nSPS) is 10.1. The smallest absolute Gasteiger partial charge is 0.199 e. The first-order chi connectivity index (χ1) is 5.57. The Morgan fingerprint density at radius 1 is 0.917 bits per heavy atom. The van der Waals surface area contributed by atoms with Crippen molar-refractivity contribution in [1.29, 1.82) is 0 Å². The molecule has 0 heterocycles. The minimum Gasteiger partial charge on any atom is -0.204 e. The molecule has 1 aromatic rings. The van der Waals surface area contributed by atoms with Crippen LogP contribution in [0.15, 0.2) is 6.07 Å². The van der Waals surface area contributed by atoms with E-state index in [1.54, 1.807) is 5.54 Å². The van der Waals surface area contributed by atoms with Crippen molar-refractivity contribution >= 4 is 5.69 Å². The summed E-state index contributed by atoms with van der Waals surface area (Å²) in [7, 11) is 0. The molecular formula is C6HF5N. The number of nitrogens with zero attached hydrogens (tertiary/aromatic N) is 1. The Morgan fingerprint density at radius 2 is 1.50 bits per heavy atom. The zero-order chi connectivity index (χ0) is 9.30. The highest BCUT2D eigenvalue weighted by Gasteiger charge is 2.19. The molecule has 0 saturated heterocycles. The summed E-state index contributed by atoms with van der Waals surface area (Å²) in [6.07, 6.45) is 0. The fraction of sp³-hybridized carbons (Fsp3) is 0. The highest BCUT2D eigenvalue weighted by atomic mass is 19.2. The molecule has 0 bridgehead atoms. The maximum Gasteiger partial charge on any atom is 0.199 e. The molecule has 0 atom stereocenters. The Kier molecular flexibility index (Phi) is 2.16. The van der Waals surface area contributed by atoms with E-state index in [1.165, 1.54) is 0 Å². The minimum atomic E-state index is -2.08. The highest BCUT2D eigenvalue weighted by Crippen LogP contribution is 2.22. The molecule has 0 aliphatic heterocycles. The second-order valence-corrected chi connectivity index (χ2v) is 1.90. The second-order valence-electron chi connectivity index (χ2n) is 1.90. The van der Waals surface area contributed by atoms with Crippen molar-refractivity contribution in [2.24, 2.45) is 0 Å². The van der Waals surface area contributed by atoms with Crippen molar-refractivity contribution < 1.29 is 22.0 Å². The van der Waals surface area contributed by atoms with Gasteiger partial charge in [-0.05, 0) is 0 Å². The molecule has 12 heavy (non-hydrogen) atoms. The SMILES string of the molecule is F[N]c1cc(F)c(F)c(F)c1F. The van der Waals surface area contributed by atoms with Gasteiger partial charge in [0, 0.05) is 6.07 Å². The van der Waals surface area contributed by atoms with Gasteiger partial charge in [-0.1, -0.05) is 10.0 Å². The Morgan fingerprint density at radius 3 is 2.00 bits per heavy atom. The second kappa shape index (κ2) is 2.96. The van der Waals surface area contributed by atoms with Crippen molar-refractivity contribution in [1.82, 2.24) is 5.54 Å². The Hall–Kier alpha value is -1.33. The van der Waals surface area contributed by atoms with Crippen LogP contribution in [0.25, 0.3) is 0 Å². The maximum absolute atomic E-state index is 12.3. The van der Waals surface area contributed by atoms with Crippen molar-refractivity contribution in [2.75, 3.05) is 0 Å². The molecule has 1 rings (SSSR count). The van der Waals surface area contributed by atoms with Gasteiger partial charge in [-0.3, -0.25) is 0 Å². The van der Waals surface area contributed by atoms with E-state index in [2.05, 4.69) is 0 Å². The molecule has 0 N–H and O–H groups in total. The third-order valence-corrected chi connectivity index (χ3v) is 1.17. The summed E-state index contributed by atoms with van der Waals surface area (Å²) >= 11 is 0. The molecule has 0 unspecified atom stereocenters. The summed E-state index contributed by atoms with van der Waals surface area (Å²) in [6.45, 7) is 0. The van der Waals surface area contributed by atoms with Crippen LogP contribution < -0.4 is 5.54 Å². The number of hydrogen-bond acceptors (Lipinski definition) is 0. The van der Waals surface area contributed by atoms with Gasteiger partial charge in [0.2, 0.25) is 0 Å². The standard InChI is InChI=1S/C6HF5N/c7-2-1-3(12-11)5(9)6(10)4(2)8/h1H. The first kappa shape index (κ1) is 8.76. The van der Waals surface area contributed by atoms with Crippen molar-refractivity contribution in [2.45, 2.75) is 0 Å². The number of benzene rings is 1. The van der Waals surface area contributed by atoms with E-state index in [0.29, 0.717) is 0 Å². The number of rotatable bonds is 1. The topological polar surface area (TPSA) is 14.1 Å². The monoisotopic (exact) mass is 182 g/mol. The van der Waals surface area contributed by atoms with E-state index in [4.69, 9.17) is 0 Å².